The zero-order valence-corrected chi connectivity index (χ0v) is 28.5. The van der Waals surface area contributed by atoms with Crippen molar-refractivity contribution in [2.24, 2.45) is 0 Å². The fraction of sp³-hybridized carbons (Fsp3) is 0. The molecule has 0 radical (unpaired) electrons. The van der Waals surface area contributed by atoms with Crippen LogP contribution in [0.4, 0.5) is 0 Å². The summed E-state index contributed by atoms with van der Waals surface area (Å²) in [6.07, 6.45) is 0. The van der Waals surface area contributed by atoms with E-state index in [1.165, 1.54) is 0 Å². The molecule has 0 aliphatic heterocycles. The number of nitrogens with zero attached hydrogens (tertiary/aromatic N) is 3. The molecule has 55 heavy (non-hydrogen) atoms. The molecular weight excluding hydrogens is 671 g/mol. The highest BCUT2D eigenvalue weighted by Crippen LogP contribution is 2.41. The van der Waals surface area contributed by atoms with Crippen molar-refractivity contribution < 1.29 is 25.0 Å². The number of hydrogen-bond acceptors (Lipinski definition) is 4. The van der Waals surface area contributed by atoms with Gasteiger partial charge in [0.05, 0.1) is 20.6 Å². The van der Waals surface area contributed by atoms with Crippen molar-refractivity contribution in [2.45, 2.75) is 0 Å². The molecule has 2 aromatic heterocycles. The predicted octanol–water partition coefficient (Wildman–Crippen LogP) is 13.6. The molecule has 11 rings (SSSR count). The second kappa shape index (κ2) is 12.6. The van der Waals surface area contributed by atoms with Crippen LogP contribution in [0.5, 0.6) is 0 Å². The number of aromatic nitrogens is 3. The van der Waals surface area contributed by atoms with Gasteiger partial charge in [-0.1, -0.05) is 164 Å². The highest BCUT2D eigenvalue weighted by molar-refractivity contribution is 6.19. The Kier molecular flexibility index (Phi) is 4.49. The lowest BCUT2D eigenvalue weighted by molar-refractivity contribution is 0.673. The van der Waals surface area contributed by atoms with Crippen LogP contribution in [-0.4, -0.2) is 15.0 Å². The molecule has 0 fully saturated rings. The van der Waals surface area contributed by atoms with E-state index < -0.39 is 118 Å². The first-order valence-electron chi connectivity index (χ1n) is 24.8. The maximum atomic E-state index is 10.0. The molecule has 0 atom stereocenters. The minimum absolute atomic E-state index is 0.154. The Hall–Kier alpha value is -7.43. The van der Waals surface area contributed by atoms with Gasteiger partial charge in [-0.25, -0.2) is 15.0 Å². The van der Waals surface area contributed by atoms with Crippen molar-refractivity contribution >= 4 is 54.3 Å². The zero-order chi connectivity index (χ0) is 49.3. The summed E-state index contributed by atoms with van der Waals surface area (Å²) in [6, 6.07) is 20.7. The summed E-state index contributed by atoms with van der Waals surface area (Å²) in [6.45, 7) is 0. The minimum atomic E-state index is -0.751. The largest absolute Gasteiger partial charge is 0.455 e. The van der Waals surface area contributed by atoms with Gasteiger partial charge >= 0.3 is 0 Å². The number of benzene rings is 9. The van der Waals surface area contributed by atoms with E-state index in [0.29, 0.717) is 11.1 Å². The van der Waals surface area contributed by atoms with Gasteiger partial charge in [-0.3, -0.25) is 0 Å². The Morgan fingerprint density at radius 3 is 1.87 bits per heavy atom. The molecule has 9 aromatic carbocycles. The number of rotatable bonds is 5. The third-order valence-corrected chi connectivity index (χ3v) is 9.51. The second-order valence-corrected chi connectivity index (χ2v) is 12.8. The number of fused-ring (bicyclic) bond motifs is 7. The molecule has 0 aliphatic rings. The second-order valence-electron chi connectivity index (χ2n) is 12.8. The quantitative estimate of drug-likeness (QED) is 0.178. The van der Waals surface area contributed by atoms with Crippen molar-refractivity contribution in [3.8, 4) is 56.4 Å². The van der Waals surface area contributed by atoms with Gasteiger partial charge in [0.15, 0.2) is 17.5 Å². The van der Waals surface area contributed by atoms with Crippen LogP contribution in [0.25, 0.3) is 111 Å². The van der Waals surface area contributed by atoms with E-state index in [0.717, 1.165) is 21.9 Å². The summed E-state index contributed by atoms with van der Waals surface area (Å²) in [7, 11) is 0. The van der Waals surface area contributed by atoms with E-state index >= 15 is 0 Å². The topological polar surface area (TPSA) is 51.8 Å². The van der Waals surface area contributed by atoms with Gasteiger partial charge in [0.1, 0.15) is 11.2 Å². The zero-order valence-electron chi connectivity index (χ0n) is 43.5. The molecule has 2 heterocycles. The van der Waals surface area contributed by atoms with E-state index in [4.69, 9.17) is 30.3 Å². The average molecular weight is 717 g/mol. The molecule has 4 heteroatoms. The summed E-state index contributed by atoms with van der Waals surface area (Å²) < 4.78 is 141. The normalized spacial score (nSPS) is 15.5. The van der Waals surface area contributed by atoms with E-state index in [1.54, 1.807) is 24.3 Å². The Morgan fingerprint density at radius 2 is 1.02 bits per heavy atom. The van der Waals surface area contributed by atoms with Crippen LogP contribution in [0.1, 0.15) is 20.6 Å². The molecule has 0 amide bonds. The van der Waals surface area contributed by atoms with Crippen LogP contribution < -0.4 is 0 Å². The Labute approximate surface area is 338 Å². The third-order valence-electron chi connectivity index (χ3n) is 9.51. The molecular formula is C51H31N3O. The summed E-state index contributed by atoms with van der Waals surface area (Å²) in [4.78, 5) is 14.6. The van der Waals surface area contributed by atoms with Crippen LogP contribution in [0, 0.1) is 0 Å². The Bertz CT molecular complexity index is 4120. The van der Waals surface area contributed by atoms with Crippen LogP contribution in [0.3, 0.4) is 0 Å². The van der Waals surface area contributed by atoms with Gasteiger partial charge in [-0.05, 0) is 73.4 Å². The Morgan fingerprint density at radius 1 is 0.364 bits per heavy atom. The third kappa shape index (κ3) is 5.34. The van der Waals surface area contributed by atoms with Gasteiger partial charge in [0, 0.05) is 32.8 Å². The molecule has 0 unspecified atom stereocenters. The minimum Gasteiger partial charge on any atom is -0.455 e. The molecule has 0 aliphatic carbocycles. The Balaban J connectivity index is 1.23. The molecule has 0 saturated carbocycles. The van der Waals surface area contributed by atoms with Crippen LogP contribution in [0.2, 0.25) is 0 Å². The van der Waals surface area contributed by atoms with Gasteiger partial charge < -0.3 is 4.42 Å². The predicted molar refractivity (Wildman–Crippen MR) is 227 cm³/mol. The number of furan rings is 1. The van der Waals surface area contributed by atoms with Crippen LogP contribution >= 0.6 is 0 Å². The van der Waals surface area contributed by atoms with Crippen LogP contribution in [-0.2, 0) is 0 Å². The van der Waals surface area contributed by atoms with Crippen molar-refractivity contribution in [2.75, 3.05) is 0 Å². The van der Waals surface area contributed by atoms with Gasteiger partial charge in [-0.2, -0.15) is 0 Å². The van der Waals surface area contributed by atoms with Crippen molar-refractivity contribution in [1.29, 1.82) is 0 Å². The lowest BCUT2D eigenvalue weighted by Crippen LogP contribution is -2.00. The lowest BCUT2D eigenvalue weighted by Gasteiger charge is -2.12. The molecule has 11 aromatic rings. The monoisotopic (exact) mass is 716 g/mol. The lowest BCUT2D eigenvalue weighted by atomic mass is 9.97. The van der Waals surface area contributed by atoms with Crippen molar-refractivity contribution in [3.63, 3.8) is 0 Å². The van der Waals surface area contributed by atoms with Gasteiger partial charge in [-0.15, -0.1) is 0 Å². The van der Waals surface area contributed by atoms with E-state index in [1.807, 2.05) is 72.8 Å². The first kappa shape index (κ1) is 19.6. The molecule has 0 N–H and O–H groups in total. The highest BCUT2D eigenvalue weighted by atomic mass is 16.3. The van der Waals surface area contributed by atoms with Crippen LogP contribution in [0.15, 0.2) is 192 Å². The maximum absolute atomic E-state index is 10.0. The van der Waals surface area contributed by atoms with Crippen molar-refractivity contribution in [3.05, 3.63) is 188 Å². The smallest absolute Gasteiger partial charge is 0.164 e. The molecule has 0 spiro atoms. The van der Waals surface area contributed by atoms with E-state index in [9.17, 15) is 9.60 Å². The molecule has 0 bridgehead atoms. The summed E-state index contributed by atoms with van der Waals surface area (Å²) in [5, 5.41) is 0.302. The summed E-state index contributed by atoms with van der Waals surface area (Å²) in [5.41, 5.74) is 0.996. The SMILES string of the molecule is [2H]c1c(-c2c([2H])c([2H])c3c([2H])c([2H])c([2H])c([2H])c3c2[2H])c([2H])c2c(oc3c4c([2H])c([2H])c([2H])c([2H])c4c(-c4nc(-c5ccccc5)nc(-c5ccc(-c6cccc7ccccc67)cc5)n4)c([2H])c32)c1[2H]. The van der Waals surface area contributed by atoms with E-state index in [2.05, 4.69) is 0 Å². The fourth-order valence-corrected chi connectivity index (χ4v) is 6.88. The molecule has 256 valence electrons. The molecule has 0 saturated heterocycles. The fourth-order valence-electron chi connectivity index (χ4n) is 6.88. The van der Waals surface area contributed by atoms with Gasteiger partial charge in [0.25, 0.3) is 0 Å². The van der Waals surface area contributed by atoms with E-state index in [-0.39, 0.29) is 50.2 Å². The van der Waals surface area contributed by atoms with Crippen molar-refractivity contribution in [1.82, 2.24) is 15.0 Å². The first-order chi connectivity index (χ1) is 33.5. The highest BCUT2D eigenvalue weighted by Gasteiger charge is 2.19. The average Bonchev–Trinajstić information content (AvgIpc) is 3.79. The first-order valence-corrected chi connectivity index (χ1v) is 17.3. The number of hydrogen-bond donors (Lipinski definition) is 0. The summed E-state index contributed by atoms with van der Waals surface area (Å²) >= 11 is 0. The molecule has 4 nitrogen and oxygen atoms in total. The maximum Gasteiger partial charge on any atom is 0.164 e. The summed E-state index contributed by atoms with van der Waals surface area (Å²) in [5.74, 6) is 0.130. The van der Waals surface area contributed by atoms with Gasteiger partial charge in [0.2, 0.25) is 0 Å². The standard InChI is InChI=1S/C51H31N3O/c1-2-13-35(14-3-1)49-52-50(36-24-22-34(23-25-36)41-20-10-16-33-12-6-7-17-40(33)41)54-51(53-49)46-31-45-44-30-39(38-26-21-32-11-4-5-15-37(32)29-38)27-28-47(44)55-48(45)43-19-9-8-18-42(43)46/h1-31H/i4D,5D,8D,9D,11D,15D,18D,19D,21D,26D,27D,28D,29D,30D,31D.